The molecule has 0 fully saturated rings. The van der Waals surface area contributed by atoms with Crippen LogP contribution in [-0.4, -0.2) is 22.7 Å². The predicted octanol–water partition coefficient (Wildman–Crippen LogP) is 8.38. The summed E-state index contributed by atoms with van der Waals surface area (Å²) in [7, 11) is 0. The van der Waals surface area contributed by atoms with Crippen molar-refractivity contribution in [3.63, 3.8) is 0 Å². The van der Waals surface area contributed by atoms with Crippen LogP contribution in [0.4, 0.5) is 0 Å². The summed E-state index contributed by atoms with van der Waals surface area (Å²) in [6, 6.07) is 0. The maximum absolute atomic E-state index is 10.5. The summed E-state index contributed by atoms with van der Waals surface area (Å²) >= 11 is 0.750. The van der Waals surface area contributed by atoms with Crippen molar-refractivity contribution < 1.29 is 44.0 Å². The van der Waals surface area contributed by atoms with Crippen LogP contribution in [0, 0.1) is 17.3 Å². The van der Waals surface area contributed by atoms with Gasteiger partial charge in [-0.25, -0.2) is 9.78 Å². The second-order valence-corrected chi connectivity index (χ2v) is 9.34. The second kappa shape index (κ2) is 20.9. The molecule has 186 valence electrons. The third-order valence-electron chi connectivity index (χ3n) is 7.49. The summed E-state index contributed by atoms with van der Waals surface area (Å²) in [4.78, 5) is 10.4. The molecule has 0 heterocycles. The van der Waals surface area contributed by atoms with Crippen LogP contribution in [-0.2, 0) is 33.5 Å². The van der Waals surface area contributed by atoms with Crippen LogP contribution in [0.5, 0.6) is 0 Å². The van der Waals surface area contributed by atoms with Crippen molar-refractivity contribution in [3.05, 3.63) is 0 Å². The molecule has 0 bridgehead atoms. The second-order valence-electron chi connectivity index (χ2n) is 9.34. The van der Waals surface area contributed by atoms with E-state index in [0.29, 0.717) is 11.8 Å². The molecule has 0 aliphatic rings. The van der Waals surface area contributed by atoms with Crippen LogP contribution in [0.3, 0.4) is 0 Å². The SMILES string of the molecule is CCCCC(CC)CC(CC(CC)CCCC)(OO)C(CC)(CCCC)COO.[O]=[Ti]. The topological polar surface area (TPSA) is 76.0 Å². The molecule has 6 heteroatoms. The fraction of sp³-hybridized carbons (Fsp3) is 1.00. The van der Waals surface area contributed by atoms with Gasteiger partial charge in [0.15, 0.2) is 0 Å². The Morgan fingerprint density at radius 2 is 1.23 bits per heavy atom. The molecule has 0 rings (SSSR count). The first-order valence-corrected chi connectivity index (χ1v) is 13.4. The normalized spacial score (nSPS) is 17.1. The molecule has 2 N–H and O–H groups in total. The van der Waals surface area contributed by atoms with E-state index in [1.165, 1.54) is 25.7 Å². The Kier molecular flexibility index (Phi) is 22.6. The Hall–Kier alpha value is 0.354. The Bertz CT molecular complexity index is 378. The molecule has 5 nitrogen and oxygen atoms in total. The molecule has 0 aromatic rings. The van der Waals surface area contributed by atoms with Gasteiger partial charge in [-0.3, -0.25) is 10.5 Å². The standard InChI is InChI=1S/C25H52O4.O.Ti/c1-7-13-16-22(10-4)19-25(29-27,20-23(11-5)17-14-8-2)24(12-6,21-28-26)18-15-9-3;;/h22-23,26-27H,7-21H2,1-6H3;;. The van der Waals surface area contributed by atoms with Gasteiger partial charge in [-0.05, 0) is 37.5 Å². The minimum absolute atomic E-state index is 0.221. The Balaban J connectivity index is 0. The van der Waals surface area contributed by atoms with Crippen molar-refractivity contribution >= 4 is 0 Å². The molecule has 0 amide bonds. The van der Waals surface area contributed by atoms with Gasteiger partial charge in [0.25, 0.3) is 0 Å². The van der Waals surface area contributed by atoms with Gasteiger partial charge >= 0.3 is 23.7 Å². The number of rotatable bonds is 20. The molecular formula is C25H52O5Ti. The van der Waals surface area contributed by atoms with Crippen molar-refractivity contribution in [2.45, 2.75) is 137 Å². The van der Waals surface area contributed by atoms with Crippen molar-refractivity contribution in [2.75, 3.05) is 6.61 Å². The van der Waals surface area contributed by atoms with E-state index < -0.39 is 5.60 Å². The van der Waals surface area contributed by atoms with Gasteiger partial charge in [-0.15, -0.1) is 0 Å². The zero-order valence-corrected chi connectivity index (χ0v) is 22.9. The Morgan fingerprint density at radius 3 is 1.52 bits per heavy atom. The molecule has 0 aliphatic carbocycles. The average Bonchev–Trinajstić information content (AvgIpc) is 2.82. The monoisotopic (exact) mass is 480 g/mol. The molecule has 0 saturated carbocycles. The third kappa shape index (κ3) is 11.4. The van der Waals surface area contributed by atoms with Crippen LogP contribution < -0.4 is 0 Å². The number of unbranched alkanes of at least 4 members (excludes halogenated alkanes) is 3. The first-order chi connectivity index (χ1) is 15.0. The van der Waals surface area contributed by atoms with Crippen molar-refractivity contribution in [1.29, 1.82) is 0 Å². The van der Waals surface area contributed by atoms with Gasteiger partial charge in [-0.2, -0.15) is 0 Å². The molecule has 0 aromatic heterocycles. The van der Waals surface area contributed by atoms with Crippen LogP contribution in [0.1, 0.15) is 131 Å². The zero-order valence-electron chi connectivity index (χ0n) is 21.4. The van der Waals surface area contributed by atoms with Crippen LogP contribution in [0.15, 0.2) is 0 Å². The van der Waals surface area contributed by atoms with E-state index in [2.05, 4.69) is 41.5 Å². The zero-order chi connectivity index (χ0) is 24.2. The summed E-state index contributed by atoms with van der Waals surface area (Å²) in [6.07, 6.45) is 14.8. The Morgan fingerprint density at radius 1 is 0.774 bits per heavy atom. The molecule has 0 radical (unpaired) electrons. The molecule has 0 spiro atoms. The van der Waals surface area contributed by atoms with E-state index in [4.69, 9.17) is 13.1 Å². The summed E-state index contributed by atoms with van der Waals surface area (Å²) < 4.78 is 8.25. The van der Waals surface area contributed by atoms with E-state index in [1.54, 1.807) is 0 Å². The molecule has 0 aliphatic heterocycles. The minimum atomic E-state index is -0.678. The van der Waals surface area contributed by atoms with E-state index in [9.17, 15) is 10.5 Å². The summed E-state index contributed by atoms with van der Waals surface area (Å²) in [5.41, 5.74) is -1.06. The average molecular weight is 481 g/mol. The molecular weight excluding hydrogens is 428 g/mol. The van der Waals surface area contributed by atoms with Gasteiger partial charge in [0, 0.05) is 5.41 Å². The van der Waals surface area contributed by atoms with E-state index in [0.717, 1.165) is 84.6 Å². The van der Waals surface area contributed by atoms with E-state index in [-0.39, 0.29) is 12.0 Å². The number of hydrogen-bond donors (Lipinski definition) is 2. The van der Waals surface area contributed by atoms with E-state index >= 15 is 0 Å². The number of hydrogen-bond acceptors (Lipinski definition) is 5. The Labute approximate surface area is 204 Å². The van der Waals surface area contributed by atoms with Gasteiger partial charge < -0.3 is 0 Å². The molecule has 3 unspecified atom stereocenters. The molecule has 0 saturated heterocycles. The van der Waals surface area contributed by atoms with Gasteiger partial charge in [0.05, 0.1) is 6.61 Å². The first-order valence-electron chi connectivity index (χ1n) is 12.8. The third-order valence-corrected chi connectivity index (χ3v) is 7.49. The van der Waals surface area contributed by atoms with Gasteiger partial charge in [-0.1, -0.05) is 106 Å². The first kappa shape index (κ1) is 33.5. The van der Waals surface area contributed by atoms with Crippen LogP contribution in [0.2, 0.25) is 0 Å². The van der Waals surface area contributed by atoms with Crippen LogP contribution in [0.25, 0.3) is 0 Å². The quantitative estimate of drug-likeness (QED) is 0.104. The van der Waals surface area contributed by atoms with Crippen molar-refractivity contribution in [3.8, 4) is 0 Å². The van der Waals surface area contributed by atoms with Crippen LogP contribution >= 0.6 is 0 Å². The van der Waals surface area contributed by atoms with E-state index in [1.807, 2.05) is 0 Å². The fourth-order valence-electron chi connectivity index (χ4n) is 5.18. The summed E-state index contributed by atoms with van der Waals surface area (Å²) in [5.74, 6) is 1.02. The summed E-state index contributed by atoms with van der Waals surface area (Å²) in [6.45, 7) is 13.5. The summed E-state index contributed by atoms with van der Waals surface area (Å²) in [5, 5.41) is 20.0. The fourth-order valence-corrected chi connectivity index (χ4v) is 5.18. The maximum atomic E-state index is 10.5. The van der Waals surface area contributed by atoms with Crippen molar-refractivity contribution in [2.24, 2.45) is 17.3 Å². The molecule has 0 aromatic carbocycles. The molecule has 31 heavy (non-hydrogen) atoms. The van der Waals surface area contributed by atoms with Gasteiger partial charge in [0.2, 0.25) is 0 Å². The van der Waals surface area contributed by atoms with Crippen molar-refractivity contribution in [1.82, 2.24) is 0 Å². The predicted molar refractivity (Wildman–Crippen MR) is 124 cm³/mol. The molecule has 3 atom stereocenters. The van der Waals surface area contributed by atoms with Gasteiger partial charge in [0.1, 0.15) is 5.60 Å².